The molecular weight excluding hydrogens is 577 g/mol. The van der Waals surface area contributed by atoms with Gasteiger partial charge in [0.1, 0.15) is 15.7 Å². The molecule has 0 fully saturated rings. The van der Waals surface area contributed by atoms with E-state index in [9.17, 15) is 0 Å². The van der Waals surface area contributed by atoms with Crippen LogP contribution in [0.1, 0.15) is 23.5 Å². The van der Waals surface area contributed by atoms with E-state index in [2.05, 4.69) is 180 Å². The molecule has 0 saturated carbocycles. The Morgan fingerprint density at radius 2 is 1.17 bits per heavy atom. The maximum absolute atomic E-state index is 5.28. The number of para-hydroxylation sites is 1. The van der Waals surface area contributed by atoms with Gasteiger partial charge in [0.05, 0.1) is 23.5 Å². The van der Waals surface area contributed by atoms with Gasteiger partial charge in [0, 0.05) is 10.8 Å². The van der Waals surface area contributed by atoms with Crippen LogP contribution in [0.25, 0.3) is 32.9 Å². The van der Waals surface area contributed by atoms with E-state index in [1.165, 1.54) is 37.8 Å². The number of fused-ring (bicyclic) bond motifs is 3. The van der Waals surface area contributed by atoms with E-state index in [-0.39, 0.29) is 12.3 Å². The molecule has 0 spiro atoms. The van der Waals surface area contributed by atoms with Crippen molar-refractivity contribution in [3.63, 3.8) is 0 Å². The lowest BCUT2D eigenvalue weighted by Gasteiger charge is -2.33. The summed E-state index contributed by atoms with van der Waals surface area (Å²) in [6.07, 6.45) is 1.79. The smallest absolute Gasteiger partial charge is 0.131 e. The summed E-state index contributed by atoms with van der Waals surface area (Å²) in [4.78, 5) is 7.57. The molecule has 7 rings (SSSR count). The summed E-state index contributed by atoms with van der Waals surface area (Å²) in [7, 11) is 4.79. The standard InChI is InChI=1S/C41H36N4Si/c1-42-40(31-14-6-3-7-15-31)44(2)41(32-16-8-4-9-17-32)43-29-45-38-21-13-12-20-36(38)37-28-33(24-27-39(37)45)30-22-25-35(26-23-30)46-34-18-10-5-11-19-34/h3-29,40-42H,1-2H3. The summed E-state index contributed by atoms with van der Waals surface area (Å²) in [6, 6.07) is 56.2. The van der Waals surface area contributed by atoms with Gasteiger partial charge in [0.15, 0.2) is 0 Å². The highest BCUT2D eigenvalue weighted by atomic mass is 28.2. The molecule has 0 aliphatic heterocycles. The summed E-state index contributed by atoms with van der Waals surface area (Å²) in [5.41, 5.74) is 7.04. The fraction of sp³-hybridized carbons (Fsp3) is 0.0976. The Labute approximate surface area is 273 Å². The number of hydrogen-bond donors (Lipinski definition) is 1. The summed E-state index contributed by atoms with van der Waals surface area (Å²) >= 11 is 0. The van der Waals surface area contributed by atoms with Crippen molar-refractivity contribution >= 4 is 48.0 Å². The lowest BCUT2D eigenvalue weighted by atomic mass is 10.0. The van der Waals surface area contributed by atoms with E-state index in [1.807, 2.05) is 13.4 Å². The Bertz CT molecular complexity index is 2070. The Kier molecular flexibility index (Phi) is 8.70. The molecule has 0 saturated heterocycles. The SMILES string of the molecule is CNC(c1ccccc1)N(C)C(N=Cn1c2ccccc2c2cc(-c3ccc([Si]c4ccccc4)cc3)ccc21)c1ccccc1. The number of benzene rings is 6. The average molecular weight is 613 g/mol. The Balaban J connectivity index is 1.25. The molecule has 1 N–H and O–H groups in total. The zero-order valence-corrected chi connectivity index (χ0v) is 27.1. The Hall–Kier alpha value is -5.07. The second-order valence-corrected chi connectivity index (χ2v) is 12.9. The molecule has 0 aliphatic rings. The van der Waals surface area contributed by atoms with Crippen LogP contribution in [-0.2, 0) is 0 Å². The molecule has 1 heterocycles. The van der Waals surface area contributed by atoms with Gasteiger partial charge in [-0.05, 0) is 54.5 Å². The molecule has 2 radical (unpaired) electrons. The average Bonchev–Trinajstić information content (AvgIpc) is 3.43. The van der Waals surface area contributed by atoms with Crippen LogP contribution in [0.5, 0.6) is 0 Å². The first-order valence-corrected chi connectivity index (χ1v) is 16.7. The molecule has 7 aromatic rings. The van der Waals surface area contributed by atoms with Gasteiger partial charge in [0.25, 0.3) is 0 Å². The van der Waals surface area contributed by atoms with Crippen LogP contribution in [0.4, 0.5) is 0 Å². The van der Waals surface area contributed by atoms with Crippen molar-refractivity contribution in [1.82, 2.24) is 14.8 Å². The number of nitrogens with one attached hydrogen (secondary N) is 1. The van der Waals surface area contributed by atoms with Crippen LogP contribution in [0.3, 0.4) is 0 Å². The first-order chi connectivity index (χ1) is 22.7. The third-order valence-electron chi connectivity index (χ3n) is 8.59. The van der Waals surface area contributed by atoms with E-state index in [1.54, 1.807) is 0 Å². The molecule has 46 heavy (non-hydrogen) atoms. The fourth-order valence-electron chi connectivity index (χ4n) is 6.30. The molecule has 4 nitrogen and oxygen atoms in total. The van der Waals surface area contributed by atoms with Gasteiger partial charge in [-0.1, -0.05) is 150 Å². The molecule has 2 atom stereocenters. The van der Waals surface area contributed by atoms with Crippen LogP contribution in [-0.4, -0.2) is 39.4 Å². The normalized spacial score (nSPS) is 13.1. The molecule has 0 bridgehead atoms. The van der Waals surface area contributed by atoms with Crippen LogP contribution in [0, 0.1) is 0 Å². The largest absolute Gasteiger partial charge is 0.301 e. The molecule has 2 unspecified atom stereocenters. The summed E-state index contributed by atoms with van der Waals surface area (Å²) in [5, 5.41) is 8.64. The number of aliphatic imine (C=N–C) groups is 1. The number of aromatic nitrogens is 1. The summed E-state index contributed by atoms with van der Waals surface area (Å²) < 4.78 is 2.24. The van der Waals surface area contributed by atoms with E-state index in [0.717, 1.165) is 16.6 Å². The van der Waals surface area contributed by atoms with Crippen LogP contribution in [0.15, 0.2) is 163 Å². The Morgan fingerprint density at radius 1 is 0.609 bits per heavy atom. The molecule has 224 valence electrons. The van der Waals surface area contributed by atoms with E-state index < -0.39 is 0 Å². The first kappa shape index (κ1) is 29.6. The van der Waals surface area contributed by atoms with Crippen molar-refractivity contribution in [2.24, 2.45) is 4.99 Å². The van der Waals surface area contributed by atoms with Gasteiger partial charge in [0.2, 0.25) is 0 Å². The predicted octanol–water partition coefficient (Wildman–Crippen LogP) is 7.54. The first-order valence-electron chi connectivity index (χ1n) is 15.7. The number of rotatable bonds is 10. The van der Waals surface area contributed by atoms with Gasteiger partial charge in [-0.25, -0.2) is 0 Å². The highest BCUT2D eigenvalue weighted by Crippen LogP contribution is 2.33. The zero-order chi connectivity index (χ0) is 31.3. The lowest BCUT2D eigenvalue weighted by Crippen LogP contribution is -2.36. The monoisotopic (exact) mass is 612 g/mol. The second kappa shape index (κ2) is 13.5. The maximum Gasteiger partial charge on any atom is 0.131 e. The van der Waals surface area contributed by atoms with E-state index >= 15 is 0 Å². The van der Waals surface area contributed by atoms with Gasteiger partial charge >= 0.3 is 0 Å². The maximum atomic E-state index is 5.28. The van der Waals surface area contributed by atoms with Gasteiger partial charge in [-0.2, -0.15) is 0 Å². The van der Waals surface area contributed by atoms with E-state index in [0.29, 0.717) is 9.52 Å². The molecule has 5 heteroatoms. The molecule has 6 aromatic carbocycles. The van der Waals surface area contributed by atoms with Gasteiger partial charge in [-0.15, -0.1) is 0 Å². The predicted molar refractivity (Wildman–Crippen MR) is 195 cm³/mol. The van der Waals surface area contributed by atoms with Crippen molar-refractivity contribution in [3.8, 4) is 11.1 Å². The minimum atomic E-state index is -0.204. The second-order valence-electron chi connectivity index (χ2n) is 11.5. The highest BCUT2D eigenvalue weighted by molar-refractivity contribution is 6.67. The van der Waals surface area contributed by atoms with Crippen molar-refractivity contribution in [2.45, 2.75) is 12.3 Å². The van der Waals surface area contributed by atoms with Crippen molar-refractivity contribution in [1.29, 1.82) is 0 Å². The highest BCUT2D eigenvalue weighted by Gasteiger charge is 2.24. The van der Waals surface area contributed by atoms with Crippen molar-refractivity contribution < 1.29 is 0 Å². The van der Waals surface area contributed by atoms with Crippen molar-refractivity contribution in [3.05, 3.63) is 169 Å². The third kappa shape index (κ3) is 6.09. The molecule has 0 amide bonds. The molecule has 1 aromatic heterocycles. The number of nitrogens with zero attached hydrogens (tertiary/aromatic N) is 3. The van der Waals surface area contributed by atoms with Crippen LogP contribution >= 0.6 is 0 Å². The zero-order valence-electron chi connectivity index (χ0n) is 26.1. The topological polar surface area (TPSA) is 32.6 Å². The number of hydrogen-bond acceptors (Lipinski definition) is 3. The summed E-state index contributed by atoms with van der Waals surface area (Å²) in [5.74, 6) is 0. The molecular formula is C41H36N4Si. The lowest BCUT2D eigenvalue weighted by molar-refractivity contribution is 0.157. The van der Waals surface area contributed by atoms with Crippen LogP contribution < -0.4 is 15.7 Å². The van der Waals surface area contributed by atoms with Crippen molar-refractivity contribution in [2.75, 3.05) is 14.1 Å². The van der Waals surface area contributed by atoms with E-state index in [4.69, 9.17) is 4.99 Å². The summed E-state index contributed by atoms with van der Waals surface area (Å²) in [6.45, 7) is 0. The minimum Gasteiger partial charge on any atom is -0.301 e. The molecule has 0 aliphatic carbocycles. The minimum absolute atomic E-state index is 0.0103. The quantitative estimate of drug-likeness (QED) is 0.0749. The van der Waals surface area contributed by atoms with Gasteiger partial charge < -0.3 is 9.88 Å². The fourth-order valence-corrected chi connectivity index (χ4v) is 7.33. The third-order valence-corrected chi connectivity index (χ3v) is 9.84. The van der Waals surface area contributed by atoms with Crippen LogP contribution in [0.2, 0.25) is 0 Å². The Morgan fingerprint density at radius 3 is 1.87 bits per heavy atom. The van der Waals surface area contributed by atoms with Gasteiger partial charge in [-0.3, -0.25) is 9.89 Å².